The van der Waals surface area contributed by atoms with Crippen molar-refractivity contribution in [1.29, 1.82) is 0 Å². The van der Waals surface area contributed by atoms with E-state index in [4.69, 9.17) is 0 Å². The molecule has 23 heavy (non-hydrogen) atoms. The summed E-state index contributed by atoms with van der Waals surface area (Å²) in [5, 5.41) is 3.63. The maximum absolute atomic E-state index is 12.8. The van der Waals surface area contributed by atoms with Gasteiger partial charge in [-0.15, -0.1) is 5.10 Å². The van der Waals surface area contributed by atoms with Gasteiger partial charge in [-0.05, 0) is 12.8 Å². The average Bonchev–Trinajstić information content (AvgIpc) is 2.98. The molecule has 10 heteroatoms. The first-order valence-corrected chi connectivity index (χ1v) is 7.33. The van der Waals surface area contributed by atoms with Crippen LogP contribution in [0.25, 0.3) is 0 Å². The number of carbonyl (C=O) groups excluding carboxylic acids is 2. The number of hydrogen-bond acceptors (Lipinski definition) is 4. The molecule has 126 valence electrons. The highest BCUT2D eigenvalue weighted by molar-refractivity contribution is 6.22. The summed E-state index contributed by atoms with van der Waals surface area (Å²) in [6.07, 6.45) is 0.165. The number of urea groups is 1. The number of carbonyl (C=O) groups is 2. The van der Waals surface area contributed by atoms with E-state index < -0.39 is 30.2 Å². The van der Waals surface area contributed by atoms with E-state index in [9.17, 15) is 22.8 Å². The number of nitrogens with zero attached hydrogens (tertiary/aromatic N) is 5. The largest absolute Gasteiger partial charge is 0.408 e. The first-order valence-electron chi connectivity index (χ1n) is 7.33. The van der Waals surface area contributed by atoms with Crippen LogP contribution in [0.15, 0.2) is 6.33 Å². The fourth-order valence-electron chi connectivity index (χ4n) is 3.28. The Hall–Kier alpha value is -2.13. The number of likely N-dealkylation sites (N-methyl/N-ethyl adjacent to an activating group) is 1. The fraction of sp³-hybridized carbons (Fsp3) is 0.692. The molecule has 2 fully saturated rings. The molecule has 0 aromatic carbocycles. The van der Waals surface area contributed by atoms with E-state index >= 15 is 0 Å². The predicted molar refractivity (Wildman–Crippen MR) is 72.5 cm³/mol. The molecule has 0 N–H and O–H groups in total. The number of amides is 3. The van der Waals surface area contributed by atoms with Crippen molar-refractivity contribution in [2.45, 2.75) is 50.4 Å². The summed E-state index contributed by atoms with van der Waals surface area (Å²) in [5.41, 5.74) is -0.912. The molecule has 1 aromatic rings. The van der Waals surface area contributed by atoms with Gasteiger partial charge in [0.2, 0.25) is 0 Å². The molecule has 0 unspecified atom stereocenters. The van der Waals surface area contributed by atoms with E-state index in [0.29, 0.717) is 17.5 Å². The third kappa shape index (κ3) is 2.55. The van der Waals surface area contributed by atoms with Crippen LogP contribution in [0.5, 0.6) is 0 Å². The van der Waals surface area contributed by atoms with Gasteiger partial charge in [-0.25, -0.2) is 9.48 Å². The van der Waals surface area contributed by atoms with Gasteiger partial charge in [0.25, 0.3) is 11.9 Å². The number of anilines is 1. The van der Waals surface area contributed by atoms with Crippen LogP contribution in [-0.2, 0) is 11.3 Å². The molecule has 3 amide bonds. The van der Waals surface area contributed by atoms with Gasteiger partial charge >= 0.3 is 12.2 Å². The number of hydrogen-bond donors (Lipinski definition) is 0. The highest BCUT2D eigenvalue weighted by Crippen LogP contribution is 2.40. The molecule has 0 radical (unpaired) electrons. The number of alkyl halides is 3. The quantitative estimate of drug-likeness (QED) is 0.777. The highest BCUT2D eigenvalue weighted by atomic mass is 19.4. The molecule has 2 heterocycles. The van der Waals surface area contributed by atoms with Crippen LogP contribution in [0.2, 0.25) is 0 Å². The van der Waals surface area contributed by atoms with E-state index in [1.807, 2.05) is 0 Å². The third-order valence-corrected chi connectivity index (χ3v) is 4.47. The van der Waals surface area contributed by atoms with Gasteiger partial charge in [-0.2, -0.15) is 23.1 Å². The van der Waals surface area contributed by atoms with Gasteiger partial charge < -0.3 is 4.90 Å². The van der Waals surface area contributed by atoms with Gasteiger partial charge in [0.1, 0.15) is 18.4 Å². The summed E-state index contributed by atoms with van der Waals surface area (Å²) in [6.45, 7) is -1.32. The van der Waals surface area contributed by atoms with Gasteiger partial charge in [-0.1, -0.05) is 19.3 Å². The van der Waals surface area contributed by atoms with E-state index in [1.165, 1.54) is 11.9 Å². The Morgan fingerprint density at radius 1 is 1.22 bits per heavy atom. The smallest absolute Gasteiger partial charge is 0.312 e. The Bertz CT molecular complexity index is 636. The molecule has 1 aromatic heterocycles. The highest BCUT2D eigenvalue weighted by Gasteiger charge is 2.57. The zero-order valence-electron chi connectivity index (χ0n) is 12.5. The van der Waals surface area contributed by atoms with Crippen LogP contribution in [-0.4, -0.2) is 50.4 Å². The summed E-state index contributed by atoms with van der Waals surface area (Å²) in [5.74, 6) is -0.756. The second-order valence-electron chi connectivity index (χ2n) is 5.93. The summed E-state index contributed by atoms with van der Waals surface area (Å²) in [6, 6.07) is -0.596. The van der Waals surface area contributed by atoms with E-state index in [2.05, 4.69) is 10.1 Å². The molecule has 1 aliphatic heterocycles. The lowest BCUT2D eigenvalue weighted by Crippen LogP contribution is -2.49. The van der Waals surface area contributed by atoms with E-state index in [-0.39, 0.29) is 5.95 Å². The lowest BCUT2D eigenvalue weighted by Gasteiger charge is -2.35. The zero-order chi connectivity index (χ0) is 16.8. The second-order valence-corrected chi connectivity index (χ2v) is 5.93. The molecule has 0 atom stereocenters. The summed E-state index contributed by atoms with van der Waals surface area (Å²) in [7, 11) is 1.54. The zero-order valence-corrected chi connectivity index (χ0v) is 12.5. The Labute approximate surface area is 130 Å². The Morgan fingerprint density at radius 2 is 1.87 bits per heavy atom. The van der Waals surface area contributed by atoms with Crippen LogP contribution < -0.4 is 4.90 Å². The van der Waals surface area contributed by atoms with Crippen molar-refractivity contribution in [3.63, 3.8) is 0 Å². The molecule has 1 saturated heterocycles. The number of rotatable bonds is 2. The van der Waals surface area contributed by atoms with Gasteiger partial charge in [0.15, 0.2) is 0 Å². The molecule has 3 rings (SSSR count). The first kappa shape index (κ1) is 15.8. The maximum atomic E-state index is 12.8. The van der Waals surface area contributed by atoms with E-state index in [1.54, 1.807) is 0 Å². The normalized spacial score (nSPS) is 21.6. The summed E-state index contributed by atoms with van der Waals surface area (Å²) in [4.78, 5) is 31.0. The standard InChI is InChI=1S/C13H16F3N5O2/c1-19-11(23)21(9(22)12(19)5-3-2-4-6-12)10-17-8-20(18-10)7-13(14,15)16/h8H,2-7H2,1H3. The van der Waals surface area contributed by atoms with Crippen LogP contribution in [0.3, 0.4) is 0 Å². The van der Waals surface area contributed by atoms with Crippen molar-refractivity contribution in [1.82, 2.24) is 19.7 Å². The SMILES string of the molecule is CN1C(=O)N(c2ncn(CC(F)(F)F)n2)C(=O)C12CCCCC2. The van der Waals surface area contributed by atoms with Gasteiger partial charge in [0, 0.05) is 7.05 Å². The first-order chi connectivity index (χ1) is 10.7. The minimum absolute atomic E-state index is 0.307. The Morgan fingerprint density at radius 3 is 2.48 bits per heavy atom. The molecule has 1 aliphatic carbocycles. The number of aromatic nitrogens is 3. The molecule has 7 nitrogen and oxygen atoms in total. The van der Waals surface area contributed by atoms with Crippen LogP contribution in [0, 0.1) is 0 Å². The lowest BCUT2D eigenvalue weighted by atomic mass is 9.81. The topological polar surface area (TPSA) is 71.3 Å². The fourth-order valence-corrected chi connectivity index (χ4v) is 3.28. The van der Waals surface area contributed by atoms with Crippen molar-refractivity contribution in [3.8, 4) is 0 Å². The average molecular weight is 331 g/mol. The molecule has 0 bridgehead atoms. The van der Waals surface area contributed by atoms with Crippen molar-refractivity contribution < 1.29 is 22.8 Å². The number of halogens is 3. The molecule has 1 saturated carbocycles. The third-order valence-electron chi connectivity index (χ3n) is 4.47. The summed E-state index contributed by atoms with van der Waals surface area (Å²) >= 11 is 0. The van der Waals surface area contributed by atoms with Crippen LogP contribution in [0.4, 0.5) is 23.9 Å². The van der Waals surface area contributed by atoms with Crippen molar-refractivity contribution in [2.75, 3.05) is 11.9 Å². The minimum atomic E-state index is -4.45. The van der Waals surface area contributed by atoms with Crippen LogP contribution >= 0.6 is 0 Å². The predicted octanol–water partition coefficient (Wildman–Crippen LogP) is 1.94. The van der Waals surface area contributed by atoms with Gasteiger partial charge in [0.05, 0.1) is 0 Å². The van der Waals surface area contributed by atoms with Crippen LogP contribution in [0.1, 0.15) is 32.1 Å². The molecular weight excluding hydrogens is 315 g/mol. The monoisotopic (exact) mass is 331 g/mol. The molecular formula is C13H16F3N5O2. The minimum Gasteiger partial charge on any atom is -0.312 e. The Kier molecular flexibility index (Phi) is 3.56. The molecule has 2 aliphatic rings. The maximum Gasteiger partial charge on any atom is 0.408 e. The van der Waals surface area contributed by atoms with Crippen molar-refractivity contribution in [2.24, 2.45) is 0 Å². The number of imide groups is 1. The second kappa shape index (κ2) is 5.20. The van der Waals surface area contributed by atoms with Gasteiger partial charge in [-0.3, -0.25) is 4.79 Å². The lowest BCUT2D eigenvalue weighted by molar-refractivity contribution is -0.142. The van der Waals surface area contributed by atoms with Crippen molar-refractivity contribution in [3.05, 3.63) is 6.33 Å². The molecule has 1 spiro atoms. The summed E-state index contributed by atoms with van der Waals surface area (Å²) < 4.78 is 37.7. The van der Waals surface area contributed by atoms with E-state index in [0.717, 1.165) is 30.5 Å². The van der Waals surface area contributed by atoms with Crippen molar-refractivity contribution >= 4 is 17.9 Å². The Balaban J connectivity index is 1.88.